The molecule has 0 aliphatic carbocycles. The molecule has 0 saturated carbocycles. The van der Waals surface area contributed by atoms with Crippen LogP contribution in [0.25, 0.3) is 0 Å². The van der Waals surface area contributed by atoms with E-state index in [4.69, 9.17) is 0 Å². The van der Waals surface area contributed by atoms with Gasteiger partial charge >= 0.3 is 0 Å². The van der Waals surface area contributed by atoms with Crippen molar-refractivity contribution in [1.29, 1.82) is 0 Å². The van der Waals surface area contributed by atoms with Gasteiger partial charge in [0.1, 0.15) is 0 Å². The minimum atomic E-state index is -0.00335. The molecule has 2 N–H and O–H groups in total. The van der Waals surface area contributed by atoms with Crippen molar-refractivity contribution in [2.45, 2.75) is 38.8 Å². The summed E-state index contributed by atoms with van der Waals surface area (Å²) in [5.74, 6) is 0. The van der Waals surface area contributed by atoms with Crippen molar-refractivity contribution < 1.29 is 5.11 Å². The summed E-state index contributed by atoms with van der Waals surface area (Å²) < 4.78 is 0. The summed E-state index contributed by atoms with van der Waals surface area (Å²) in [6, 6.07) is 14.5. The Balaban J connectivity index is 1.99. The zero-order chi connectivity index (χ0) is 14.6. The molecule has 0 aliphatic rings. The van der Waals surface area contributed by atoms with E-state index in [1.807, 2.05) is 41.7 Å². The van der Waals surface area contributed by atoms with E-state index in [2.05, 4.69) is 38.2 Å². The molecule has 20 heavy (non-hydrogen) atoms. The van der Waals surface area contributed by atoms with Crippen molar-refractivity contribution in [3.05, 3.63) is 57.8 Å². The molecule has 0 spiro atoms. The van der Waals surface area contributed by atoms with Crippen LogP contribution in [0.1, 0.15) is 42.1 Å². The second-order valence-electron chi connectivity index (χ2n) is 6.04. The van der Waals surface area contributed by atoms with Gasteiger partial charge in [0.15, 0.2) is 0 Å². The van der Waals surface area contributed by atoms with Crippen molar-refractivity contribution in [3.63, 3.8) is 0 Å². The number of aliphatic hydroxyl groups excluding tert-OH is 1. The molecule has 1 heterocycles. The third-order valence-electron chi connectivity index (χ3n) is 3.31. The molecule has 0 amide bonds. The maximum Gasteiger partial charge on any atom is 0.0626 e. The summed E-state index contributed by atoms with van der Waals surface area (Å²) in [5.41, 5.74) is 1.33. The first-order valence-electron chi connectivity index (χ1n) is 6.99. The zero-order valence-corrected chi connectivity index (χ0v) is 13.2. The first-order valence-corrected chi connectivity index (χ1v) is 7.81. The average molecular weight is 289 g/mol. The number of thiophene rings is 1. The second kappa shape index (κ2) is 6.53. The van der Waals surface area contributed by atoms with E-state index in [0.29, 0.717) is 0 Å². The molecule has 2 nitrogen and oxygen atoms in total. The highest BCUT2D eigenvalue weighted by Gasteiger charge is 2.16. The summed E-state index contributed by atoms with van der Waals surface area (Å²) in [5, 5.41) is 13.0. The Morgan fingerprint density at radius 2 is 1.80 bits per heavy atom. The molecule has 0 bridgehead atoms. The van der Waals surface area contributed by atoms with Gasteiger partial charge in [-0.05, 0) is 23.1 Å². The van der Waals surface area contributed by atoms with Crippen LogP contribution in [0.15, 0.2) is 42.5 Å². The van der Waals surface area contributed by atoms with Gasteiger partial charge in [0.2, 0.25) is 0 Å². The highest BCUT2D eigenvalue weighted by molar-refractivity contribution is 7.12. The van der Waals surface area contributed by atoms with E-state index in [1.165, 1.54) is 9.75 Å². The number of hydrogen-bond acceptors (Lipinski definition) is 3. The second-order valence-corrected chi connectivity index (χ2v) is 7.21. The van der Waals surface area contributed by atoms with Gasteiger partial charge in [-0.15, -0.1) is 11.3 Å². The van der Waals surface area contributed by atoms with Crippen LogP contribution < -0.4 is 5.32 Å². The Bertz CT molecular complexity index is 527. The molecule has 0 radical (unpaired) electrons. The normalized spacial score (nSPS) is 13.4. The first kappa shape index (κ1) is 15.2. The molecular formula is C17H23NOS. The van der Waals surface area contributed by atoms with Gasteiger partial charge < -0.3 is 10.4 Å². The smallest absolute Gasteiger partial charge is 0.0626 e. The third kappa shape index (κ3) is 3.92. The van der Waals surface area contributed by atoms with Crippen molar-refractivity contribution in [1.82, 2.24) is 5.32 Å². The van der Waals surface area contributed by atoms with Crippen LogP contribution in [-0.2, 0) is 12.0 Å². The summed E-state index contributed by atoms with van der Waals surface area (Å²) >= 11 is 1.84. The summed E-state index contributed by atoms with van der Waals surface area (Å²) in [7, 11) is 0. The Kier molecular flexibility index (Phi) is 4.97. The van der Waals surface area contributed by atoms with Gasteiger partial charge in [-0.25, -0.2) is 0 Å². The molecule has 0 aliphatic heterocycles. The minimum Gasteiger partial charge on any atom is -0.394 e. The van der Waals surface area contributed by atoms with Crippen LogP contribution in [0.3, 0.4) is 0 Å². The molecule has 0 fully saturated rings. The number of hydrogen-bond donors (Lipinski definition) is 2. The van der Waals surface area contributed by atoms with Gasteiger partial charge in [0.25, 0.3) is 0 Å². The van der Waals surface area contributed by atoms with Crippen LogP contribution in [0.2, 0.25) is 0 Å². The van der Waals surface area contributed by atoms with Gasteiger partial charge in [0, 0.05) is 16.3 Å². The average Bonchev–Trinajstić information content (AvgIpc) is 2.89. The predicted molar refractivity (Wildman–Crippen MR) is 86.1 cm³/mol. The van der Waals surface area contributed by atoms with Crippen molar-refractivity contribution >= 4 is 11.3 Å². The van der Waals surface area contributed by atoms with Crippen LogP contribution >= 0.6 is 11.3 Å². The molecule has 2 rings (SSSR count). The third-order valence-corrected chi connectivity index (χ3v) is 4.82. The fourth-order valence-electron chi connectivity index (χ4n) is 2.07. The number of rotatable bonds is 5. The highest BCUT2D eigenvalue weighted by Crippen LogP contribution is 2.29. The lowest BCUT2D eigenvalue weighted by atomic mass is 9.95. The highest BCUT2D eigenvalue weighted by atomic mass is 32.1. The van der Waals surface area contributed by atoms with Gasteiger partial charge in [-0.1, -0.05) is 51.1 Å². The molecule has 108 valence electrons. The van der Waals surface area contributed by atoms with E-state index in [1.54, 1.807) is 0 Å². The molecule has 1 aromatic heterocycles. The lowest BCUT2D eigenvalue weighted by Crippen LogP contribution is -2.23. The molecule has 0 unspecified atom stereocenters. The van der Waals surface area contributed by atoms with Gasteiger partial charge in [-0.3, -0.25) is 0 Å². The van der Waals surface area contributed by atoms with E-state index < -0.39 is 0 Å². The topological polar surface area (TPSA) is 32.3 Å². The molecule has 2 aromatic rings. The Morgan fingerprint density at radius 3 is 2.35 bits per heavy atom. The quantitative estimate of drug-likeness (QED) is 0.876. The lowest BCUT2D eigenvalue weighted by molar-refractivity contribution is 0.244. The van der Waals surface area contributed by atoms with Crippen molar-refractivity contribution in [2.75, 3.05) is 6.61 Å². The Labute approximate surface area is 125 Å². The van der Waals surface area contributed by atoms with Gasteiger partial charge in [-0.2, -0.15) is 0 Å². The monoisotopic (exact) mass is 289 g/mol. The summed E-state index contributed by atoms with van der Waals surface area (Å²) in [4.78, 5) is 2.71. The van der Waals surface area contributed by atoms with E-state index in [0.717, 1.165) is 12.1 Å². The van der Waals surface area contributed by atoms with Crippen LogP contribution in [0.5, 0.6) is 0 Å². The minimum absolute atomic E-state index is 0.00335. The standard InChI is InChI=1S/C17H23NOS/c1-17(2,3)16-10-9-14(20-16)11-18-15(12-19)13-7-5-4-6-8-13/h4-10,15,18-19H,11-12H2,1-3H3/t15-/m1/s1. The maximum atomic E-state index is 9.53. The zero-order valence-electron chi connectivity index (χ0n) is 12.4. The van der Waals surface area contributed by atoms with Crippen molar-refractivity contribution in [3.8, 4) is 0 Å². The lowest BCUT2D eigenvalue weighted by Gasteiger charge is -2.17. The number of benzene rings is 1. The Hall–Kier alpha value is -1.16. The van der Waals surface area contributed by atoms with Crippen molar-refractivity contribution in [2.24, 2.45) is 0 Å². The van der Waals surface area contributed by atoms with E-state index >= 15 is 0 Å². The Morgan fingerprint density at radius 1 is 1.10 bits per heavy atom. The van der Waals surface area contributed by atoms with E-state index in [9.17, 15) is 5.11 Å². The first-order chi connectivity index (χ1) is 9.50. The maximum absolute atomic E-state index is 9.53. The SMILES string of the molecule is CC(C)(C)c1ccc(CN[C@H](CO)c2ccccc2)s1. The summed E-state index contributed by atoms with van der Waals surface area (Å²) in [6.07, 6.45) is 0. The number of nitrogens with one attached hydrogen (secondary N) is 1. The molecule has 3 heteroatoms. The van der Waals surface area contributed by atoms with Gasteiger partial charge in [0.05, 0.1) is 12.6 Å². The van der Waals surface area contributed by atoms with E-state index in [-0.39, 0.29) is 18.1 Å². The fourth-order valence-corrected chi connectivity index (χ4v) is 3.09. The van der Waals surface area contributed by atoms with Crippen LogP contribution in [0, 0.1) is 0 Å². The van der Waals surface area contributed by atoms with Crippen LogP contribution in [0.4, 0.5) is 0 Å². The molecule has 0 saturated heterocycles. The largest absolute Gasteiger partial charge is 0.394 e. The fraction of sp³-hybridized carbons (Fsp3) is 0.412. The molecule has 1 aromatic carbocycles. The predicted octanol–water partition coefficient (Wildman–Crippen LogP) is 3.87. The summed E-state index contributed by atoms with van der Waals surface area (Å²) in [6.45, 7) is 7.60. The molecular weight excluding hydrogens is 266 g/mol. The number of aliphatic hydroxyl groups is 1. The molecule has 1 atom stereocenters. The van der Waals surface area contributed by atoms with Crippen LogP contribution in [-0.4, -0.2) is 11.7 Å².